The van der Waals surface area contributed by atoms with Crippen LogP contribution in [-0.4, -0.2) is 78.1 Å². The molecule has 1 aromatic carbocycles. The summed E-state index contributed by atoms with van der Waals surface area (Å²) in [6, 6.07) is 5.98. The zero-order valence-electron chi connectivity index (χ0n) is 16.1. The maximum absolute atomic E-state index is 5.75. The van der Waals surface area contributed by atoms with E-state index in [0.29, 0.717) is 0 Å². The molecule has 0 amide bonds. The molecule has 1 aliphatic rings. The van der Waals surface area contributed by atoms with Gasteiger partial charge in [-0.15, -0.1) is 24.0 Å². The number of hydrogen-bond acceptors (Lipinski definition) is 5. The van der Waals surface area contributed by atoms with E-state index in [2.05, 4.69) is 27.6 Å². The molecule has 1 aromatic rings. The van der Waals surface area contributed by atoms with Crippen LogP contribution in [0, 0.1) is 0 Å². The number of hydrogen-bond donors (Lipinski definition) is 2. The van der Waals surface area contributed by atoms with Crippen molar-refractivity contribution in [1.29, 1.82) is 0 Å². The number of morpholine rings is 1. The molecule has 0 saturated carbocycles. The molecule has 2 N–H and O–H groups in total. The van der Waals surface area contributed by atoms with Crippen molar-refractivity contribution < 1.29 is 14.2 Å². The van der Waals surface area contributed by atoms with Crippen LogP contribution in [0.2, 0.25) is 0 Å². The Labute approximate surface area is 173 Å². The van der Waals surface area contributed by atoms with Crippen LogP contribution < -0.4 is 20.1 Å². The van der Waals surface area contributed by atoms with Crippen molar-refractivity contribution in [3.8, 4) is 11.5 Å². The van der Waals surface area contributed by atoms with Gasteiger partial charge in [-0.05, 0) is 31.2 Å². The third-order valence-corrected chi connectivity index (χ3v) is 4.22. The summed E-state index contributed by atoms with van der Waals surface area (Å²) in [5.74, 6) is 2.28. The van der Waals surface area contributed by atoms with E-state index in [-0.39, 0.29) is 30.1 Å². The topological polar surface area (TPSA) is 67.4 Å². The minimum absolute atomic E-state index is 0. The number of rotatable bonds is 7. The normalized spacial score (nSPS) is 18.0. The molecule has 0 radical (unpaired) electrons. The number of methoxy groups -OCH3 is 2. The molecule has 2 rings (SSSR count). The average Bonchev–Trinajstić information content (AvgIpc) is 2.64. The van der Waals surface area contributed by atoms with Gasteiger partial charge in [-0.25, -0.2) is 0 Å². The van der Waals surface area contributed by atoms with Crippen LogP contribution in [0.25, 0.3) is 0 Å². The Morgan fingerprint density at radius 2 is 2.04 bits per heavy atom. The fraction of sp³-hybridized carbons (Fsp3) is 0.611. The first-order valence-corrected chi connectivity index (χ1v) is 8.61. The van der Waals surface area contributed by atoms with Crippen molar-refractivity contribution in [3.63, 3.8) is 0 Å². The molecule has 1 aliphatic heterocycles. The Balaban J connectivity index is 0.00000338. The Bertz CT molecular complexity index is 571. The average molecular weight is 478 g/mol. The number of nitrogens with one attached hydrogen (secondary N) is 2. The van der Waals surface area contributed by atoms with E-state index in [0.717, 1.165) is 56.7 Å². The number of guanidine groups is 1. The van der Waals surface area contributed by atoms with Crippen molar-refractivity contribution in [2.45, 2.75) is 12.5 Å². The standard InChI is InChI=1S/C18H30N4O3.HI/c1-19-18(21-12-15-13-22(2)9-10-25-15)20-8-7-14-5-6-16(23-3)17(11-14)24-4;/h5-6,11,15H,7-10,12-13H2,1-4H3,(H2,19,20,21);1H. The number of aliphatic imine (C=N–C) groups is 1. The molecule has 0 spiro atoms. The SMILES string of the molecule is CN=C(NCCc1ccc(OC)c(OC)c1)NCC1CN(C)CCO1.I. The molecule has 1 heterocycles. The highest BCUT2D eigenvalue weighted by Gasteiger charge is 2.17. The van der Waals surface area contributed by atoms with Gasteiger partial charge in [0.2, 0.25) is 0 Å². The molecule has 1 saturated heterocycles. The van der Waals surface area contributed by atoms with E-state index in [9.17, 15) is 0 Å². The van der Waals surface area contributed by atoms with Gasteiger partial charge < -0.3 is 29.7 Å². The van der Waals surface area contributed by atoms with Gasteiger partial charge in [0.15, 0.2) is 17.5 Å². The van der Waals surface area contributed by atoms with Gasteiger partial charge >= 0.3 is 0 Å². The summed E-state index contributed by atoms with van der Waals surface area (Å²) in [5, 5.41) is 6.66. The summed E-state index contributed by atoms with van der Waals surface area (Å²) < 4.78 is 16.4. The second kappa shape index (κ2) is 12.2. The summed E-state index contributed by atoms with van der Waals surface area (Å²) >= 11 is 0. The van der Waals surface area contributed by atoms with Crippen molar-refractivity contribution in [2.75, 3.05) is 61.1 Å². The van der Waals surface area contributed by atoms with Crippen molar-refractivity contribution >= 4 is 29.9 Å². The Kier molecular flexibility index (Phi) is 10.7. The highest BCUT2D eigenvalue weighted by Crippen LogP contribution is 2.27. The maximum Gasteiger partial charge on any atom is 0.191 e. The maximum atomic E-state index is 5.75. The zero-order chi connectivity index (χ0) is 18.1. The summed E-state index contributed by atoms with van der Waals surface area (Å²) in [4.78, 5) is 6.55. The lowest BCUT2D eigenvalue weighted by atomic mass is 10.1. The third kappa shape index (κ3) is 7.16. The van der Waals surface area contributed by atoms with Crippen molar-refractivity contribution in [1.82, 2.24) is 15.5 Å². The van der Waals surface area contributed by atoms with Crippen LogP contribution in [-0.2, 0) is 11.2 Å². The van der Waals surface area contributed by atoms with Crippen LogP contribution in [0.15, 0.2) is 23.2 Å². The van der Waals surface area contributed by atoms with E-state index in [1.165, 1.54) is 5.56 Å². The monoisotopic (exact) mass is 478 g/mol. The fourth-order valence-electron chi connectivity index (χ4n) is 2.78. The van der Waals surface area contributed by atoms with Gasteiger partial charge in [-0.3, -0.25) is 4.99 Å². The van der Waals surface area contributed by atoms with E-state index in [4.69, 9.17) is 14.2 Å². The number of nitrogens with zero attached hydrogens (tertiary/aromatic N) is 2. The molecule has 1 fully saturated rings. The number of ether oxygens (including phenoxy) is 3. The van der Waals surface area contributed by atoms with E-state index in [1.807, 2.05) is 18.2 Å². The highest BCUT2D eigenvalue weighted by atomic mass is 127. The Morgan fingerprint density at radius 3 is 2.69 bits per heavy atom. The lowest BCUT2D eigenvalue weighted by Crippen LogP contribution is -2.48. The molecule has 1 atom stereocenters. The van der Waals surface area contributed by atoms with Gasteiger partial charge in [0.25, 0.3) is 0 Å². The second-order valence-corrected chi connectivity index (χ2v) is 6.07. The largest absolute Gasteiger partial charge is 0.493 e. The quantitative estimate of drug-likeness (QED) is 0.351. The van der Waals surface area contributed by atoms with Crippen molar-refractivity contribution in [3.05, 3.63) is 23.8 Å². The predicted molar refractivity (Wildman–Crippen MR) is 115 cm³/mol. The minimum atomic E-state index is 0. The van der Waals surface area contributed by atoms with Crippen LogP contribution >= 0.6 is 24.0 Å². The Morgan fingerprint density at radius 1 is 1.27 bits per heavy atom. The van der Waals surface area contributed by atoms with E-state index >= 15 is 0 Å². The molecule has 1 unspecified atom stereocenters. The van der Waals surface area contributed by atoms with Gasteiger partial charge in [0.05, 0.1) is 26.9 Å². The van der Waals surface area contributed by atoms with E-state index in [1.54, 1.807) is 21.3 Å². The number of halogens is 1. The lowest BCUT2D eigenvalue weighted by Gasteiger charge is -2.30. The smallest absolute Gasteiger partial charge is 0.191 e. The van der Waals surface area contributed by atoms with Gasteiger partial charge in [-0.1, -0.05) is 6.07 Å². The minimum Gasteiger partial charge on any atom is -0.493 e. The molecule has 0 bridgehead atoms. The fourth-order valence-corrected chi connectivity index (χ4v) is 2.78. The van der Waals surface area contributed by atoms with Crippen molar-refractivity contribution in [2.24, 2.45) is 4.99 Å². The van der Waals surface area contributed by atoms with Crippen LogP contribution in [0.3, 0.4) is 0 Å². The summed E-state index contributed by atoms with van der Waals surface area (Å²) in [5.41, 5.74) is 1.18. The summed E-state index contributed by atoms with van der Waals surface area (Å²) in [7, 11) is 7.18. The third-order valence-electron chi connectivity index (χ3n) is 4.22. The lowest BCUT2D eigenvalue weighted by molar-refractivity contribution is -0.0161. The van der Waals surface area contributed by atoms with Gasteiger partial charge in [-0.2, -0.15) is 0 Å². The molecule has 148 valence electrons. The first-order chi connectivity index (χ1) is 12.2. The molecule has 8 heteroatoms. The molecule has 26 heavy (non-hydrogen) atoms. The number of benzene rings is 1. The first-order valence-electron chi connectivity index (χ1n) is 8.61. The van der Waals surface area contributed by atoms with Crippen LogP contribution in [0.4, 0.5) is 0 Å². The number of likely N-dealkylation sites (N-methyl/N-ethyl adjacent to an activating group) is 1. The van der Waals surface area contributed by atoms with Crippen LogP contribution in [0.1, 0.15) is 5.56 Å². The predicted octanol–water partition coefficient (Wildman–Crippen LogP) is 1.36. The summed E-state index contributed by atoms with van der Waals surface area (Å²) in [6.45, 7) is 4.25. The molecule has 0 aliphatic carbocycles. The highest BCUT2D eigenvalue weighted by molar-refractivity contribution is 14.0. The van der Waals surface area contributed by atoms with Crippen LogP contribution in [0.5, 0.6) is 11.5 Å². The van der Waals surface area contributed by atoms with E-state index < -0.39 is 0 Å². The van der Waals surface area contributed by atoms with Gasteiger partial charge in [0, 0.05) is 33.2 Å². The second-order valence-electron chi connectivity index (χ2n) is 6.07. The zero-order valence-corrected chi connectivity index (χ0v) is 18.4. The molecular formula is C18H31IN4O3. The Hall–Kier alpha value is -1.26. The first kappa shape index (κ1) is 22.8. The summed E-state index contributed by atoms with van der Waals surface area (Å²) in [6.07, 6.45) is 1.06. The molecular weight excluding hydrogens is 447 g/mol. The van der Waals surface area contributed by atoms with Gasteiger partial charge in [0.1, 0.15) is 0 Å². The molecule has 0 aromatic heterocycles. The molecule has 7 nitrogen and oxygen atoms in total.